The number of aryl methyl sites for hydroxylation is 2. The molecule has 0 bridgehead atoms. The molecule has 4 aromatic carbocycles. The predicted molar refractivity (Wildman–Crippen MR) is 139 cm³/mol. The summed E-state index contributed by atoms with van der Waals surface area (Å²) < 4.78 is 42.9. The number of rotatable bonds is 7. The Bertz CT molecular complexity index is 1570. The Labute approximate surface area is 211 Å². The Balaban J connectivity index is 1.40. The van der Waals surface area contributed by atoms with Gasteiger partial charge in [0.05, 0.1) is 23.1 Å². The number of aromatic nitrogens is 3. The quantitative estimate of drug-likeness (QED) is 0.191. The van der Waals surface area contributed by atoms with Crippen LogP contribution in [0.15, 0.2) is 77.9 Å². The SMILES string of the molecule is CCc1cccc(CC)c1N/N=C/c1ccc2c(ccc3c2nnn3-c2ccc(OC(F)(F)F)cc2)c1. The second-order valence-corrected chi connectivity index (χ2v) is 8.49. The molecular weight excluding hydrogens is 479 g/mol. The Kier molecular flexibility index (Phi) is 6.52. The van der Waals surface area contributed by atoms with Crippen LogP contribution in [0.25, 0.3) is 27.5 Å². The number of hydrogen-bond donors (Lipinski definition) is 1. The van der Waals surface area contributed by atoms with Crippen LogP contribution in [0.5, 0.6) is 5.75 Å². The largest absolute Gasteiger partial charge is 0.573 e. The number of fused-ring (bicyclic) bond motifs is 3. The minimum absolute atomic E-state index is 0.293. The summed E-state index contributed by atoms with van der Waals surface area (Å²) >= 11 is 0. The van der Waals surface area contributed by atoms with Crippen LogP contribution in [0, 0.1) is 0 Å². The van der Waals surface area contributed by atoms with Gasteiger partial charge in [-0.1, -0.05) is 55.5 Å². The monoisotopic (exact) mass is 503 g/mol. The highest BCUT2D eigenvalue weighted by molar-refractivity contribution is 6.05. The van der Waals surface area contributed by atoms with Gasteiger partial charge in [-0.3, -0.25) is 5.43 Å². The number of hydrazone groups is 1. The van der Waals surface area contributed by atoms with E-state index in [-0.39, 0.29) is 5.75 Å². The first-order chi connectivity index (χ1) is 17.9. The van der Waals surface area contributed by atoms with Crippen molar-refractivity contribution in [2.24, 2.45) is 5.10 Å². The van der Waals surface area contributed by atoms with Crippen molar-refractivity contribution in [2.75, 3.05) is 5.43 Å². The van der Waals surface area contributed by atoms with E-state index < -0.39 is 6.36 Å². The van der Waals surface area contributed by atoms with Crippen molar-refractivity contribution < 1.29 is 17.9 Å². The molecule has 1 aromatic heterocycles. The van der Waals surface area contributed by atoms with E-state index in [1.807, 2.05) is 30.3 Å². The summed E-state index contributed by atoms with van der Waals surface area (Å²) in [5.41, 5.74) is 9.66. The molecule has 0 unspecified atom stereocenters. The molecule has 1 heterocycles. The summed E-state index contributed by atoms with van der Waals surface area (Å²) in [4.78, 5) is 0. The first kappa shape index (κ1) is 24.3. The highest BCUT2D eigenvalue weighted by Gasteiger charge is 2.31. The minimum atomic E-state index is -4.74. The molecule has 5 rings (SSSR count). The van der Waals surface area contributed by atoms with Crippen molar-refractivity contribution >= 4 is 33.7 Å². The zero-order chi connectivity index (χ0) is 26.0. The van der Waals surface area contributed by atoms with Crippen LogP contribution in [0.3, 0.4) is 0 Å². The van der Waals surface area contributed by atoms with Crippen molar-refractivity contribution in [3.05, 3.63) is 89.5 Å². The number of benzene rings is 4. The molecule has 5 aromatic rings. The van der Waals surface area contributed by atoms with Gasteiger partial charge in [-0.05, 0) is 71.3 Å². The van der Waals surface area contributed by atoms with Crippen LogP contribution in [-0.4, -0.2) is 27.6 Å². The topological polar surface area (TPSA) is 64.3 Å². The van der Waals surface area contributed by atoms with Gasteiger partial charge in [-0.25, -0.2) is 4.68 Å². The molecule has 0 saturated heterocycles. The number of hydrogen-bond acceptors (Lipinski definition) is 5. The summed E-state index contributed by atoms with van der Waals surface area (Å²) in [6.07, 6.45) is -1.11. The average Bonchev–Trinajstić information content (AvgIpc) is 3.32. The fourth-order valence-electron chi connectivity index (χ4n) is 4.35. The number of nitrogens with one attached hydrogen (secondary N) is 1. The lowest BCUT2D eigenvalue weighted by Gasteiger charge is -2.11. The van der Waals surface area contributed by atoms with Gasteiger partial charge in [0.2, 0.25) is 0 Å². The molecule has 0 aliphatic carbocycles. The summed E-state index contributed by atoms with van der Waals surface area (Å²) in [7, 11) is 0. The third kappa shape index (κ3) is 5.11. The fourth-order valence-corrected chi connectivity index (χ4v) is 4.35. The normalized spacial score (nSPS) is 12.0. The lowest BCUT2D eigenvalue weighted by Crippen LogP contribution is -2.17. The highest BCUT2D eigenvalue weighted by atomic mass is 19.4. The first-order valence-corrected chi connectivity index (χ1v) is 11.9. The fraction of sp³-hybridized carbons (Fsp3) is 0.179. The number of nitrogens with zero attached hydrogens (tertiary/aromatic N) is 4. The van der Waals surface area contributed by atoms with Crippen molar-refractivity contribution in [2.45, 2.75) is 33.1 Å². The van der Waals surface area contributed by atoms with E-state index in [0.29, 0.717) is 11.2 Å². The van der Waals surface area contributed by atoms with Crippen LogP contribution in [0.2, 0.25) is 0 Å². The van der Waals surface area contributed by atoms with E-state index in [9.17, 15) is 13.2 Å². The summed E-state index contributed by atoms with van der Waals surface area (Å²) in [5.74, 6) is -0.293. The summed E-state index contributed by atoms with van der Waals surface area (Å²) in [5, 5.41) is 14.9. The molecule has 0 atom stereocenters. The van der Waals surface area contributed by atoms with Gasteiger partial charge in [0.15, 0.2) is 0 Å². The van der Waals surface area contributed by atoms with Crippen molar-refractivity contribution in [1.29, 1.82) is 0 Å². The van der Waals surface area contributed by atoms with E-state index in [0.717, 1.165) is 40.4 Å². The molecule has 6 nitrogen and oxygen atoms in total. The standard InChI is InChI=1S/C28H24F3N5O/c1-3-19-6-5-7-20(4-2)26(19)33-32-17-18-8-14-24-21(16-18)9-15-25-27(24)34-35-36(25)22-10-12-23(13-11-22)37-28(29,30)31/h5-17,33H,3-4H2,1-2H3/b32-17+. The second kappa shape index (κ2) is 9.93. The maximum absolute atomic E-state index is 12.4. The van der Waals surface area contributed by atoms with Gasteiger partial charge >= 0.3 is 6.36 Å². The number of alkyl halides is 3. The lowest BCUT2D eigenvalue weighted by atomic mass is 10.0. The summed E-state index contributed by atoms with van der Waals surface area (Å²) in [6, 6.07) is 21.6. The molecule has 0 amide bonds. The lowest BCUT2D eigenvalue weighted by molar-refractivity contribution is -0.274. The molecular formula is C28H24F3N5O. The molecule has 0 aliphatic rings. The van der Waals surface area contributed by atoms with Crippen LogP contribution >= 0.6 is 0 Å². The molecule has 9 heteroatoms. The van der Waals surface area contributed by atoms with Gasteiger partial charge in [0.1, 0.15) is 11.3 Å². The number of halogens is 3. The smallest absolute Gasteiger partial charge is 0.406 e. The number of anilines is 1. The highest BCUT2D eigenvalue weighted by Crippen LogP contribution is 2.28. The van der Waals surface area contributed by atoms with E-state index in [1.54, 1.807) is 10.9 Å². The third-order valence-corrected chi connectivity index (χ3v) is 6.16. The zero-order valence-corrected chi connectivity index (χ0v) is 20.3. The van der Waals surface area contributed by atoms with Gasteiger partial charge in [-0.2, -0.15) is 5.10 Å². The van der Waals surface area contributed by atoms with E-state index in [1.165, 1.54) is 35.4 Å². The first-order valence-electron chi connectivity index (χ1n) is 11.9. The minimum Gasteiger partial charge on any atom is -0.406 e. The van der Waals surface area contributed by atoms with Crippen LogP contribution < -0.4 is 10.2 Å². The van der Waals surface area contributed by atoms with Crippen LogP contribution in [0.1, 0.15) is 30.5 Å². The Hall–Kier alpha value is -4.40. The van der Waals surface area contributed by atoms with Gasteiger partial charge < -0.3 is 4.74 Å². The molecule has 0 radical (unpaired) electrons. The summed E-state index contributed by atoms with van der Waals surface area (Å²) in [6.45, 7) is 4.25. The molecule has 0 aliphatic heterocycles. The number of para-hydroxylation sites is 1. The Morgan fingerprint density at radius 3 is 2.35 bits per heavy atom. The van der Waals surface area contributed by atoms with Crippen LogP contribution in [0.4, 0.5) is 18.9 Å². The van der Waals surface area contributed by atoms with E-state index in [2.05, 4.69) is 57.6 Å². The molecule has 0 spiro atoms. The van der Waals surface area contributed by atoms with E-state index >= 15 is 0 Å². The predicted octanol–water partition coefficient (Wildman–Crippen LogP) is 7.04. The van der Waals surface area contributed by atoms with Gasteiger partial charge in [0, 0.05) is 5.39 Å². The Morgan fingerprint density at radius 1 is 0.946 bits per heavy atom. The third-order valence-electron chi connectivity index (χ3n) is 6.16. The van der Waals surface area contributed by atoms with Gasteiger partial charge in [0.25, 0.3) is 0 Å². The second-order valence-electron chi connectivity index (χ2n) is 8.49. The van der Waals surface area contributed by atoms with Gasteiger partial charge in [-0.15, -0.1) is 18.3 Å². The molecule has 0 saturated carbocycles. The van der Waals surface area contributed by atoms with E-state index in [4.69, 9.17) is 0 Å². The van der Waals surface area contributed by atoms with Crippen molar-refractivity contribution in [3.63, 3.8) is 0 Å². The average molecular weight is 504 g/mol. The number of ether oxygens (including phenoxy) is 1. The van der Waals surface area contributed by atoms with Crippen molar-refractivity contribution in [1.82, 2.24) is 15.0 Å². The molecule has 1 N–H and O–H groups in total. The van der Waals surface area contributed by atoms with Crippen LogP contribution in [-0.2, 0) is 12.8 Å². The zero-order valence-electron chi connectivity index (χ0n) is 20.3. The van der Waals surface area contributed by atoms with Crippen molar-refractivity contribution in [3.8, 4) is 11.4 Å². The maximum atomic E-state index is 12.4. The Morgan fingerprint density at radius 2 is 1.68 bits per heavy atom. The maximum Gasteiger partial charge on any atom is 0.573 e. The molecule has 188 valence electrons. The molecule has 37 heavy (non-hydrogen) atoms. The molecule has 0 fully saturated rings.